The average Bonchev–Trinajstić information content (AvgIpc) is 2.56. The first kappa shape index (κ1) is 8.62. The van der Waals surface area contributed by atoms with Gasteiger partial charge >= 0.3 is 0 Å². The Morgan fingerprint density at radius 3 is 2.69 bits per heavy atom. The zero-order chi connectivity index (χ0) is 10.6. The minimum absolute atomic E-state index is 0.418. The van der Waals surface area contributed by atoms with Crippen molar-refractivity contribution in [1.82, 2.24) is 4.98 Å². The summed E-state index contributed by atoms with van der Waals surface area (Å²) < 4.78 is 5.82. The molecule has 1 aliphatic carbocycles. The van der Waals surface area contributed by atoms with Crippen molar-refractivity contribution in [2.24, 2.45) is 0 Å². The molecular weight excluding hydrogens is 200 g/mol. The molecule has 82 valence electrons. The summed E-state index contributed by atoms with van der Waals surface area (Å²) in [6.45, 7) is 1.10. The Bertz CT molecular complexity index is 503. The fourth-order valence-electron chi connectivity index (χ4n) is 2.92. The molecule has 0 bridgehead atoms. The van der Waals surface area contributed by atoms with E-state index >= 15 is 0 Å². The van der Waals surface area contributed by atoms with Gasteiger partial charge in [-0.3, -0.25) is 0 Å². The van der Waals surface area contributed by atoms with E-state index in [0.29, 0.717) is 5.54 Å². The highest BCUT2D eigenvalue weighted by Crippen LogP contribution is 2.49. The number of para-hydroxylation sites is 2. The lowest BCUT2D eigenvalue weighted by Crippen LogP contribution is -2.64. The van der Waals surface area contributed by atoms with Crippen LogP contribution >= 0.6 is 0 Å². The van der Waals surface area contributed by atoms with Crippen molar-refractivity contribution in [3.8, 4) is 0 Å². The van der Waals surface area contributed by atoms with E-state index in [0.717, 1.165) is 23.7 Å². The predicted molar refractivity (Wildman–Crippen MR) is 62.6 cm³/mol. The standard InChI is InChI=1S/C13H14N2O/c1-2-5-11-10(4-1)14-12(16-11)15-9-8-13(15)6-3-7-13/h1-2,4-5H,3,6-9H2. The highest BCUT2D eigenvalue weighted by atomic mass is 16.4. The third-order valence-electron chi connectivity index (χ3n) is 4.17. The summed E-state index contributed by atoms with van der Waals surface area (Å²) in [4.78, 5) is 6.93. The number of nitrogens with zero attached hydrogens (tertiary/aromatic N) is 2. The van der Waals surface area contributed by atoms with E-state index in [2.05, 4.69) is 9.88 Å². The lowest BCUT2D eigenvalue weighted by molar-refractivity contribution is 0.142. The molecule has 2 heterocycles. The van der Waals surface area contributed by atoms with Gasteiger partial charge in [-0.05, 0) is 37.8 Å². The van der Waals surface area contributed by atoms with E-state index in [-0.39, 0.29) is 0 Å². The number of anilines is 1. The van der Waals surface area contributed by atoms with Crippen molar-refractivity contribution in [2.45, 2.75) is 31.2 Å². The van der Waals surface area contributed by atoms with E-state index in [1.165, 1.54) is 25.7 Å². The van der Waals surface area contributed by atoms with Gasteiger partial charge in [-0.1, -0.05) is 12.1 Å². The van der Waals surface area contributed by atoms with E-state index < -0.39 is 0 Å². The Kier molecular flexibility index (Phi) is 1.50. The Morgan fingerprint density at radius 2 is 2.06 bits per heavy atom. The molecule has 1 spiro atoms. The zero-order valence-corrected chi connectivity index (χ0v) is 9.15. The van der Waals surface area contributed by atoms with E-state index in [4.69, 9.17) is 4.42 Å². The number of rotatable bonds is 1. The third kappa shape index (κ3) is 0.958. The van der Waals surface area contributed by atoms with Crippen molar-refractivity contribution in [2.75, 3.05) is 11.4 Å². The number of fused-ring (bicyclic) bond motifs is 1. The Labute approximate surface area is 94.1 Å². The monoisotopic (exact) mass is 214 g/mol. The summed E-state index contributed by atoms with van der Waals surface area (Å²) in [7, 11) is 0. The zero-order valence-electron chi connectivity index (χ0n) is 9.15. The van der Waals surface area contributed by atoms with E-state index in [9.17, 15) is 0 Å². The largest absolute Gasteiger partial charge is 0.423 e. The molecule has 0 radical (unpaired) electrons. The van der Waals surface area contributed by atoms with Crippen LogP contribution in [0, 0.1) is 0 Å². The van der Waals surface area contributed by atoms with E-state index in [1.54, 1.807) is 0 Å². The number of oxazole rings is 1. The molecule has 1 aromatic heterocycles. The molecule has 0 N–H and O–H groups in total. The molecule has 1 saturated heterocycles. The first-order chi connectivity index (χ1) is 7.87. The van der Waals surface area contributed by atoms with Crippen molar-refractivity contribution >= 4 is 17.1 Å². The van der Waals surface area contributed by atoms with E-state index in [1.807, 2.05) is 24.3 Å². The fourth-order valence-corrected chi connectivity index (χ4v) is 2.92. The Balaban J connectivity index is 1.76. The van der Waals surface area contributed by atoms with Gasteiger partial charge < -0.3 is 9.32 Å². The van der Waals surface area contributed by atoms with Gasteiger partial charge in [0, 0.05) is 12.1 Å². The number of hydrogen-bond donors (Lipinski definition) is 0. The molecule has 4 rings (SSSR count). The molecule has 1 aliphatic heterocycles. The Morgan fingerprint density at radius 1 is 1.19 bits per heavy atom. The normalized spacial score (nSPS) is 22.1. The summed E-state index contributed by atoms with van der Waals surface area (Å²) in [6, 6.07) is 8.82. The van der Waals surface area contributed by atoms with Crippen LogP contribution in [0.15, 0.2) is 28.7 Å². The molecule has 16 heavy (non-hydrogen) atoms. The van der Waals surface area contributed by atoms with Crippen LogP contribution in [0.4, 0.5) is 6.01 Å². The lowest BCUT2D eigenvalue weighted by atomic mass is 9.68. The van der Waals surface area contributed by atoms with Crippen molar-refractivity contribution in [1.29, 1.82) is 0 Å². The van der Waals surface area contributed by atoms with Crippen LogP contribution in [-0.4, -0.2) is 17.1 Å². The van der Waals surface area contributed by atoms with Crippen LogP contribution < -0.4 is 4.90 Å². The van der Waals surface area contributed by atoms with Gasteiger partial charge in [0.15, 0.2) is 5.58 Å². The third-order valence-corrected chi connectivity index (χ3v) is 4.17. The van der Waals surface area contributed by atoms with Gasteiger partial charge in [-0.15, -0.1) is 0 Å². The van der Waals surface area contributed by atoms with Crippen molar-refractivity contribution < 1.29 is 4.42 Å². The Hall–Kier alpha value is -1.51. The molecule has 0 unspecified atom stereocenters. The number of benzene rings is 1. The maximum absolute atomic E-state index is 5.82. The molecule has 3 nitrogen and oxygen atoms in total. The van der Waals surface area contributed by atoms with Gasteiger partial charge in [-0.25, -0.2) is 0 Å². The smallest absolute Gasteiger partial charge is 0.298 e. The summed E-state index contributed by atoms with van der Waals surface area (Å²) in [5.41, 5.74) is 2.29. The van der Waals surface area contributed by atoms with Crippen LogP contribution in [0.2, 0.25) is 0 Å². The molecule has 2 aliphatic rings. The summed E-state index contributed by atoms with van der Waals surface area (Å²) in [6.07, 6.45) is 5.29. The predicted octanol–water partition coefficient (Wildman–Crippen LogP) is 2.96. The first-order valence-electron chi connectivity index (χ1n) is 6.01. The molecule has 2 fully saturated rings. The molecular formula is C13H14N2O. The van der Waals surface area contributed by atoms with Gasteiger partial charge in [0.1, 0.15) is 5.52 Å². The molecule has 1 saturated carbocycles. The summed E-state index contributed by atoms with van der Waals surface area (Å²) in [5, 5.41) is 0. The molecule has 0 atom stereocenters. The SMILES string of the molecule is c1ccc2oc(N3CCC34CCC4)nc2c1. The maximum Gasteiger partial charge on any atom is 0.298 e. The van der Waals surface area contributed by atoms with Crippen LogP contribution in [0.3, 0.4) is 0 Å². The fraction of sp³-hybridized carbons (Fsp3) is 0.462. The lowest BCUT2D eigenvalue weighted by Gasteiger charge is -2.57. The molecule has 3 heteroatoms. The maximum atomic E-state index is 5.82. The van der Waals surface area contributed by atoms with Crippen molar-refractivity contribution in [3.05, 3.63) is 24.3 Å². The molecule has 2 aromatic rings. The first-order valence-corrected chi connectivity index (χ1v) is 6.01. The highest BCUT2D eigenvalue weighted by Gasteiger charge is 2.50. The highest BCUT2D eigenvalue weighted by molar-refractivity contribution is 5.74. The summed E-state index contributed by atoms with van der Waals surface area (Å²) in [5.74, 6) is 0. The van der Waals surface area contributed by atoms with Crippen LogP contribution in [-0.2, 0) is 0 Å². The number of hydrogen-bond acceptors (Lipinski definition) is 3. The topological polar surface area (TPSA) is 29.3 Å². The molecule has 0 amide bonds. The van der Waals surface area contributed by atoms with Crippen LogP contribution in [0.1, 0.15) is 25.7 Å². The van der Waals surface area contributed by atoms with Crippen molar-refractivity contribution in [3.63, 3.8) is 0 Å². The van der Waals surface area contributed by atoms with Gasteiger partial charge in [0.2, 0.25) is 0 Å². The van der Waals surface area contributed by atoms with Crippen LogP contribution in [0.5, 0.6) is 0 Å². The number of aromatic nitrogens is 1. The van der Waals surface area contributed by atoms with Gasteiger partial charge in [0.05, 0.1) is 0 Å². The van der Waals surface area contributed by atoms with Gasteiger partial charge in [0.25, 0.3) is 6.01 Å². The second-order valence-electron chi connectivity index (χ2n) is 4.94. The second kappa shape index (κ2) is 2.78. The summed E-state index contributed by atoms with van der Waals surface area (Å²) >= 11 is 0. The van der Waals surface area contributed by atoms with Gasteiger partial charge in [-0.2, -0.15) is 4.98 Å². The minimum Gasteiger partial charge on any atom is -0.423 e. The average molecular weight is 214 g/mol. The quantitative estimate of drug-likeness (QED) is 0.730. The second-order valence-corrected chi connectivity index (χ2v) is 4.94. The molecule has 1 aromatic carbocycles. The minimum atomic E-state index is 0.418. The van der Waals surface area contributed by atoms with Crippen LogP contribution in [0.25, 0.3) is 11.1 Å².